The van der Waals surface area contributed by atoms with Crippen LogP contribution in [0.4, 0.5) is 0 Å². The SMILES string of the molecule is CCn1cncc1CNCC(C)O. The smallest absolute Gasteiger partial charge is 0.0948 e. The van der Waals surface area contributed by atoms with Gasteiger partial charge in [-0.25, -0.2) is 4.98 Å². The van der Waals surface area contributed by atoms with Crippen molar-refractivity contribution in [2.75, 3.05) is 6.54 Å². The quantitative estimate of drug-likeness (QED) is 0.693. The van der Waals surface area contributed by atoms with Gasteiger partial charge in [0.2, 0.25) is 0 Å². The van der Waals surface area contributed by atoms with Gasteiger partial charge in [0.1, 0.15) is 0 Å². The van der Waals surface area contributed by atoms with Crippen molar-refractivity contribution in [3.05, 3.63) is 18.2 Å². The number of aromatic nitrogens is 2. The summed E-state index contributed by atoms with van der Waals surface area (Å²) in [5, 5.41) is 12.2. The summed E-state index contributed by atoms with van der Waals surface area (Å²) < 4.78 is 2.08. The van der Waals surface area contributed by atoms with Crippen LogP contribution in [0.2, 0.25) is 0 Å². The van der Waals surface area contributed by atoms with E-state index in [4.69, 9.17) is 5.11 Å². The molecule has 74 valence electrons. The highest BCUT2D eigenvalue weighted by Crippen LogP contribution is 1.97. The largest absolute Gasteiger partial charge is 0.392 e. The van der Waals surface area contributed by atoms with Gasteiger partial charge in [-0.1, -0.05) is 0 Å². The van der Waals surface area contributed by atoms with E-state index < -0.39 is 0 Å². The lowest BCUT2D eigenvalue weighted by molar-refractivity contribution is 0.190. The number of aliphatic hydroxyl groups excluding tert-OH is 1. The van der Waals surface area contributed by atoms with Crippen LogP contribution in [-0.2, 0) is 13.1 Å². The first-order chi connectivity index (χ1) is 6.24. The number of aryl methyl sites for hydroxylation is 1. The summed E-state index contributed by atoms with van der Waals surface area (Å²) >= 11 is 0. The lowest BCUT2D eigenvalue weighted by Gasteiger charge is -2.08. The molecule has 0 bridgehead atoms. The minimum absolute atomic E-state index is 0.294. The molecule has 4 nitrogen and oxygen atoms in total. The number of nitrogens with one attached hydrogen (secondary N) is 1. The normalized spacial score (nSPS) is 13.2. The average Bonchev–Trinajstić information content (AvgIpc) is 2.51. The molecule has 13 heavy (non-hydrogen) atoms. The van der Waals surface area contributed by atoms with Crippen LogP contribution in [0.15, 0.2) is 12.5 Å². The number of hydrogen-bond acceptors (Lipinski definition) is 3. The number of hydrogen-bond donors (Lipinski definition) is 2. The van der Waals surface area contributed by atoms with E-state index in [2.05, 4.69) is 21.8 Å². The molecule has 0 aliphatic rings. The van der Waals surface area contributed by atoms with E-state index in [1.165, 1.54) is 0 Å². The summed E-state index contributed by atoms with van der Waals surface area (Å²) in [4.78, 5) is 4.05. The Kier molecular flexibility index (Phi) is 3.92. The first kappa shape index (κ1) is 10.2. The fourth-order valence-electron chi connectivity index (χ4n) is 1.19. The number of imidazole rings is 1. The molecule has 1 aromatic rings. The van der Waals surface area contributed by atoms with Crippen LogP contribution < -0.4 is 5.32 Å². The maximum Gasteiger partial charge on any atom is 0.0948 e. The summed E-state index contributed by atoms with van der Waals surface area (Å²) in [5.74, 6) is 0. The Labute approximate surface area is 78.6 Å². The second-order valence-electron chi connectivity index (χ2n) is 3.15. The van der Waals surface area contributed by atoms with Crippen LogP contribution in [0.25, 0.3) is 0 Å². The van der Waals surface area contributed by atoms with E-state index in [-0.39, 0.29) is 6.10 Å². The monoisotopic (exact) mass is 183 g/mol. The zero-order chi connectivity index (χ0) is 9.68. The minimum Gasteiger partial charge on any atom is -0.392 e. The van der Waals surface area contributed by atoms with Crippen molar-refractivity contribution in [1.29, 1.82) is 0 Å². The van der Waals surface area contributed by atoms with E-state index in [1.807, 2.05) is 12.5 Å². The summed E-state index contributed by atoms with van der Waals surface area (Å²) in [6.45, 7) is 6.17. The van der Waals surface area contributed by atoms with E-state index >= 15 is 0 Å². The standard InChI is InChI=1S/C9H17N3O/c1-3-12-7-11-6-9(12)5-10-4-8(2)13/h6-8,10,13H,3-5H2,1-2H3. The van der Waals surface area contributed by atoms with Gasteiger partial charge in [-0.15, -0.1) is 0 Å². The van der Waals surface area contributed by atoms with Gasteiger partial charge in [0, 0.05) is 25.8 Å². The molecule has 0 saturated carbocycles. The lowest BCUT2D eigenvalue weighted by atomic mass is 10.4. The van der Waals surface area contributed by atoms with Crippen molar-refractivity contribution in [1.82, 2.24) is 14.9 Å². The molecule has 0 aliphatic carbocycles. The Morgan fingerprint density at radius 3 is 3.08 bits per heavy atom. The van der Waals surface area contributed by atoms with E-state index in [9.17, 15) is 0 Å². The van der Waals surface area contributed by atoms with Gasteiger partial charge < -0.3 is 15.0 Å². The van der Waals surface area contributed by atoms with Crippen LogP contribution in [0.1, 0.15) is 19.5 Å². The average molecular weight is 183 g/mol. The van der Waals surface area contributed by atoms with Gasteiger partial charge in [0.15, 0.2) is 0 Å². The maximum atomic E-state index is 9.02. The third-order valence-corrected chi connectivity index (χ3v) is 1.89. The fraction of sp³-hybridized carbons (Fsp3) is 0.667. The third-order valence-electron chi connectivity index (χ3n) is 1.89. The minimum atomic E-state index is -0.294. The van der Waals surface area contributed by atoms with Crippen molar-refractivity contribution in [2.45, 2.75) is 33.0 Å². The van der Waals surface area contributed by atoms with Crippen molar-refractivity contribution in [3.63, 3.8) is 0 Å². The van der Waals surface area contributed by atoms with Gasteiger partial charge in [-0.05, 0) is 13.8 Å². The van der Waals surface area contributed by atoms with E-state index in [1.54, 1.807) is 6.92 Å². The highest BCUT2D eigenvalue weighted by atomic mass is 16.3. The second-order valence-corrected chi connectivity index (χ2v) is 3.15. The van der Waals surface area contributed by atoms with Crippen LogP contribution in [0.3, 0.4) is 0 Å². The molecular formula is C9H17N3O. The van der Waals surface area contributed by atoms with Gasteiger partial charge >= 0.3 is 0 Å². The first-order valence-corrected chi connectivity index (χ1v) is 4.61. The zero-order valence-corrected chi connectivity index (χ0v) is 8.20. The molecule has 1 rings (SSSR count). The van der Waals surface area contributed by atoms with Crippen LogP contribution in [0.5, 0.6) is 0 Å². The van der Waals surface area contributed by atoms with Gasteiger partial charge in [0.05, 0.1) is 18.1 Å². The molecule has 1 unspecified atom stereocenters. The predicted molar refractivity (Wildman–Crippen MR) is 51.3 cm³/mol. The molecule has 0 radical (unpaired) electrons. The first-order valence-electron chi connectivity index (χ1n) is 4.61. The van der Waals surface area contributed by atoms with Crippen molar-refractivity contribution in [3.8, 4) is 0 Å². The Balaban J connectivity index is 2.36. The molecule has 0 aliphatic heterocycles. The third kappa shape index (κ3) is 3.16. The molecule has 2 N–H and O–H groups in total. The van der Waals surface area contributed by atoms with Gasteiger partial charge in [-0.3, -0.25) is 0 Å². The molecular weight excluding hydrogens is 166 g/mol. The van der Waals surface area contributed by atoms with E-state index in [0.717, 1.165) is 18.8 Å². The van der Waals surface area contributed by atoms with E-state index in [0.29, 0.717) is 6.54 Å². The van der Waals surface area contributed by atoms with Crippen molar-refractivity contribution in [2.24, 2.45) is 0 Å². The summed E-state index contributed by atoms with van der Waals surface area (Å²) in [5.41, 5.74) is 1.16. The molecule has 0 saturated heterocycles. The Hall–Kier alpha value is -0.870. The molecule has 1 atom stereocenters. The molecule has 0 spiro atoms. The lowest BCUT2D eigenvalue weighted by Crippen LogP contribution is -2.24. The molecule has 1 aromatic heterocycles. The fourth-order valence-corrected chi connectivity index (χ4v) is 1.19. The molecule has 4 heteroatoms. The molecule has 0 amide bonds. The summed E-state index contributed by atoms with van der Waals surface area (Å²) in [6, 6.07) is 0. The predicted octanol–water partition coefficient (Wildman–Crippen LogP) is 0.373. The van der Waals surface area contributed by atoms with Crippen molar-refractivity contribution >= 4 is 0 Å². The number of nitrogens with zero attached hydrogens (tertiary/aromatic N) is 2. The van der Waals surface area contributed by atoms with Gasteiger partial charge in [-0.2, -0.15) is 0 Å². The van der Waals surface area contributed by atoms with Crippen LogP contribution in [0, 0.1) is 0 Å². The zero-order valence-electron chi connectivity index (χ0n) is 8.20. The Bertz CT molecular complexity index is 245. The molecule has 1 heterocycles. The van der Waals surface area contributed by atoms with Crippen molar-refractivity contribution < 1.29 is 5.11 Å². The van der Waals surface area contributed by atoms with Gasteiger partial charge in [0.25, 0.3) is 0 Å². The summed E-state index contributed by atoms with van der Waals surface area (Å²) in [6.07, 6.45) is 3.37. The number of aliphatic hydroxyl groups is 1. The number of rotatable bonds is 5. The molecule has 0 fully saturated rings. The highest BCUT2D eigenvalue weighted by molar-refractivity contribution is 4.97. The Morgan fingerprint density at radius 1 is 1.69 bits per heavy atom. The Morgan fingerprint density at radius 2 is 2.46 bits per heavy atom. The highest BCUT2D eigenvalue weighted by Gasteiger charge is 2.00. The molecule has 0 aromatic carbocycles. The second kappa shape index (κ2) is 4.99. The van der Waals surface area contributed by atoms with Crippen LogP contribution in [-0.4, -0.2) is 27.3 Å². The van der Waals surface area contributed by atoms with Crippen LogP contribution >= 0.6 is 0 Å². The topological polar surface area (TPSA) is 50.1 Å². The maximum absolute atomic E-state index is 9.02. The summed E-state index contributed by atoms with van der Waals surface area (Å²) in [7, 11) is 0.